The fraction of sp³-hybridized carbons (Fsp3) is 0.286. The molecule has 19 heavy (non-hydrogen) atoms. The lowest BCUT2D eigenvalue weighted by Crippen LogP contribution is -2.07. The molecule has 0 amide bonds. The molecule has 0 spiro atoms. The lowest BCUT2D eigenvalue weighted by Gasteiger charge is -2.13. The third-order valence-electron chi connectivity index (χ3n) is 2.67. The molecule has 2 N–H and O–H groups in total. The molecule has 2 rings (SSSR count). The molecule has 102 valence electrons. The predicted octanol–water partition coefficient (Wildman–Crippen LogP) is 4.18. The van der Waals surface area contributed by atoms with Crippen LogP contribution in [0.15, 0.2) is 29.6 Å². The van der Waals surface area contributed by atoms with E-state index in [-0.39, 0.29) is 0 Å². The highest BCUT2D eigenvalue weighted by Crippen LogP contribution is 2.32. The molecule has 0 bridgehead atoms. The van der Waals surface area contributed by atoms with E-state index in [0.29, 0.717) is 35.4 Å². The quantitative estimate of drug-likeness (QED) is 0.868. The standard InChI is InChI=1S/C14H15Cl2NOS/c15-11-8-10(3-5-17)14(13(16)9-11)18-6-4-12-2-1-7-19-12/h1-2,7-9H,3-6,17H2. The Balaban J connectivity index is 2.05. The number of hydrogen-bond donors (Lipinski definition) is 1. The number of rotatable bonds is 6. The van der Waals surface area contributed by atoms with Gasteiger partial charge in [0, 0.05) is 16.3 Å². The van der Waals surface area contributed by atoms with Crippen molar-refractivity contribution in [3.05, 3.63) is 50.1 Å². The van der Waals surface area contributed by atoms with Gasteiger partial charge in [-0.05, 0) is 42.1 Å². The van der Waals surface area contributed by atoms with E-state index >= 15 is 0 Å². The van der Waals surface area contributed by atoms with Gasteiger partial charge in [0.1, 0.15) is 5.75 Å². The van der Waals surface area contributed by atoms with Gasteiger partial charge in [-0.1, -0.05) is 29.3 Å². The van der Waals surface area contributed by atoms with Crippen LogP contribution in [-0.2, 0) is 12.8 Å². The minimum Gasteiger partial charge on any atom is -0.491 e. The molecule has 5 heteroatoms. The van der Waals surface area contributed by atoms with Gasteiger partial charge in [-0.3, -0.25) is 0 Å². The van der Waals surface area contributed by atoms with Crippen LogP contribution in [-0.4, -0.2) is 13.2 Å². The minimum absolute atomic E-state index is 0.540. The monoisotopic (exact) mass is 315 g/mol. The number of hydrogen-bond acceptors (Lipinski definition) is 3. The van der Waals surface area contributed by atoms with Gasteiger partial charge < -0.3 is 10.5 Å². The van der Waals surface area contributed by atoms with Crippen LogP contribution >= 0.6 is 34.5 Å². The maximum absolute atomic E-state index is 6.18. The van der Waals surface area contributed by atoms with Crippen LogP contribution in [0, 0.1) is 0 Å². The maximum Gasteiger partial charge on any atom is 0.141 e. The average Bonchev–Trinajstić information content (AvgIpc) is 2.86. The van der Waals surface area contributed by atoms with Crippen molar-refractivity contribution in [2.24, 2.45) is 5.73 Å². The van der Waals surface area contributed by atoms with Crippen molar-refractivity contribution in [1.82, 2.24) is 0 Å². The van der Waals surface area contributed by atoms with Gasteiger partial charge in [-0.25, -0.2) is 0 Å². The summed E-state index contributed by atoms with van der Waals surface area (Å²) in [5.74, 6) is 0.702. The van der Waals surface area contributed by atoms with Crippen LogP contribution in [0.1, 0.15) is 10.4 Å². The van der Waals surface area contributed by atoms with Gasteiger partial charge in [0.2, 0.25) is 0 Å². The van der Waals surface area contributed by atoms with E-state index in [1.54, 1.807) is 17.4 Å². The first-order valence-corrected chi connectivity index (χ1v) is 7.67. The van der Waals surface area contributed by atoms with Gasteiger partial charge in [0.25, 0.3) is 0 Å². The molecule has 0 aliphatic carbocycles. The Morgan fingerprint density at radius 1 is 1.21 bits per heavy atom. The number of benzene rings is 1. The molecular weight excluding hydrogens is 301 g/mol. The molecular formula is C14H15Cl2NOS. The lowest BCUT2D eigenvalue weighted by atomic mass is 10.1. The molecule has 0 unspecified atom stereocenters. The van der Waals surface area contributed by atoms with Crippen LogP contribution < -0.4 is 10.5 Å². The summed E-state index contributed by atoms with van der Waals surface area (Å²) in [5.41, 5.74) is 6.56. The number of halogens is 2. The molecule has 0 radical (unpaired) electrons. The van der Waals surface area contributed by atoms with E-state index in [1.807, 2.05) is 12.1 Å². The first-order valence-electron chi connectivity index (χ1n) is 6.04. The third kappa shape index (κ3) is 4.11. The number of ether oxygens (including phenoxy) is 1. The van der Waals surface area contributed by atoms with E-state index in [4.69, 9.17) is 33.7 Å². The van der Waals surface area contributed by atoms with Gasteiger partial charge >= 0.3 is 0 Å². The summed E-state index contributed by atoms with van der Waals surface area (Å²) in [4.78, 5) is 1.30. The summed E-state index contributed by atoms with van der Waals surface area (Å²) in [6.07, 6.45) is 1.58. The van der Waals surface area contributed by atoms with Gasteiger partial charge in [0.15, 0.2) is 0 Å². The molecule has 2 nitrogen and oxygen atoms in total. The van der Waals surface area contributed by atoms with Gasteiger partial charge in [-0.15, -0.1) is 11.3 Å². The van der Waals surface area contributed by atoms with Crippen LogP contribution in [0.25, 0.3) is 0 Å². The largest absolute Gasteiger partial charge is 0.491 e. The highest BCUT2D eigenvalue weighted by Gasteiger charge is 2.10. The topological polar surface area (TPSA) is 35.2 Å². The highest BCUT2D eigenvalue weighted by atomic mass is 35.5. The molecule has 0 saturated heterocycles. The summed E-state index contributed by atoms with van der Waals surface area (Å²) in [6.45, 7) is 1.14. The van der Waals surface area contributed by atoms with E-state index in [0.717, 1.165) is 12.0 Å². The number of thiophene rings is 1. The first-order chi connectivity index (χ1) is 9.20. The van der Waals surface area contributed by atoms with Crippen LogP contribution in [0.5, 0.6) is 5.75 Å². The molecule has 0 fully saturated rings. The Bertz CT molecular complexity index is 528. The van der Waals surface area contributed by atoms with Gasteiger partial charge in [0.05, 0.1) is 11.6 Å². The summed E-state index contributed by atoms with van der Waals surface area (Å²) in [6, 6.07) is 7.69. The van der Waals surface area contributed by atoms with Crippen molar-refractivity contribution in [3.63, 3.8) is 0 Å². The average molecular weight is 316 g/mol. The zero-order chi connectivity index (χ0) is 13.7. The lowest BCUT2D eigenvalue weighted by molar-refractivity contribution is 0.320. The molecule has 0 aliphatic rings. The van der Waals surface area contributed by atoms with E-state index < -0.39 is 0 Å². The predicted molar refractivity (Wildman–Crippen MR) is 82.7 cm³/mol. The zero-order valence-corrected chi connectivity index (χ0v) is 12.7. The molecule has 1 aromatic carbocycles. The summed E-state index contributed by atoms with van der Waals surface area (Å²) < 4.78 is 5.81. The fourth-order valence-corrected chi connectivity index (χ4v) is 3.11. The second kappa shape index (κ2) is 7.15. The van der Waals surface area contributed by atoms with Crippen molar-refractivity contribution in [2.75, 3.05) is 13.2 Å². The van der Waals surface area contributed by atoms with Gasteiger partial charge in [-0.2, -0.15) is 0 Å². The first kappa shape index (κ1) is 14.7. The van der Waals surface area contributed by atoms with Crippen molar-refractivity contribution in [1.29, 1.82) is 0 Å². The Hall–Kier alpha value is -0.740. The van der Waals surface area contributed by atoms with Crippen LogP contribution in [0.2, 0.25) is 10.0 Å². The zero-order valence-electron chi connectivity index (χ0n) is 10.4. The SMILES string of the molecule is NCCc1cc(Cl)cc(Cl)c1OCCc1cccs1. The van der Waals surface area contributed by atoms with E-state index in [2.05, 4.69) is 11.4 Å². The number of nitrogens with two attached hydrogens (primary N) is 1. The molecule has 1 heterocycles. The molecule has 2 aromatic rings. The molecule has 1 aromatic heterocycles. The van der Waals surface area contributed by atoms with Crippen molar-refractivity contribution < 1.29 is 4.74 Å². The highest BCUT2D eigenvalue weighted by molar-refractivity contribution is 7.09. The normalized spacial score (nSPS) is 10.7. The fourth-order valence-electron chi connectivity index (χ4n) is 1.83. The van der Waals surface area contributed by atoms with Crippen molar-refractivity contribution >= 4 is 34.5 Å². The van der Waals surface area contributed by atoms with Crippen molar-refractivity contribution in [3.8, 4) is 5.75 Å². The van der Waals surface area contributed by atoms with Crippen LogP contribution in [0.3, 0.4) is 0 Å². The smallest absolute Gasteiger partial charge is 0.141 e. The molecule has 0 aliphatic heterocycles. The van der Waals surface area contributed by atoms with Crippen LogP contribution in [0.4, 0.5) is 0 Å². The Morgan fingerprint density at radius 3 is 2.74 bits per heavy atom. The summed E-state index contributed by atoms with van der Waals surface area (Å²) in [7, 11) is 0. The summed E-state index contributed by atoms with van der Waals surface area (Å²) in [5, 5.41) is 3.21. The second-order valence-corrected chi connectivity index (χ2v) is 5.97. The minimum atomic E-state index is 0.540. The van der Waals surface area contributed by atoms with Crippen molar-refractivity contribution in [2.45, 2.75) is 12.8 Å². The van der Waals surface area contributed by atoms with E-state index in [9.17, 15) is 0 Å². The summed E-state index contributed by atoms with van der Waals surface area (Å²) >= 11 is 13.9. The molecule has 0 atom stereocenters. The molecule has 0 saturated carbocycles. The Morgan fingerprint density at radius 2 is 2.05 bits per heavy atom. The third-order valence-corrected chi connectivity index (χ3v) is 4.11. The maximum atomic E-state index is 6.18. The Kier molecular flexibility index (Phi) is 5.52. The van der Waals surface area contributed by atoms with E-state index in [1.165, 1.54) is 4.88 Å². The Labute approximate surface area is 127 Å². The second-order valence-electron chi connectivity index (χ2n) is 4.09.